The topological polar surface area (TPSA) is 72.5 Å². The molecule has 0 bridgehead atoms. The second-order valence-electron chi connectivity index (χ2n) is 5.01. The molecule has 0 unspecified atom stereocenters. The molecule has 0 saturated carbocycles. The quantitative estimate of drug-likeness (QED) is 0.691. The predicted molar refractivity (Wildman–Crippen MR) is 59.3 cm³/mol. The standard InChI is InChI=1S/C11H23NO3/c1-6-8(2)11(12,7-13)9(14)15-10(3,4)5/h8,13H,6-7,12H2,1-5H3/t8-,11+/m0/s1. The van der Waals surface area contributed by atoms with Gasteiger partial charge in [-0.05, 0) is 26.7 Å². The first kappa shape index (κ1) is 14.4. The molecule has 0 rings (SSSR count). The van der Waals surface area contributed by atoms with Crippen LogP contribution in [0, 0.1) is 5.92 Å². The van der Waals surface area contributed by atoms with Gasteiger partial charge in [0.25, 0.3) is 0 Å². The van der Waals surface area contributed by atoms with Crippen LogP contribution in [0.1, 0.15) is 41.0 Å². The first-order valence-corrected chi connectivity index (χ1v) is 5.30. The van der Waals surface area contributed by atoms with Crippen molar-refractivity contribution in [3.8, 4) is 0 Å². The lowest BCUT2D eigenvalue weighted by molar-refractivity contribution is -0.165. The average molecular weight is 217 g/mol. The Morgan fingerprint density at radius 2 is 1.93 bits per heavy atom. The molecule has 0 radical (unpaired) electrons. The minimum absolute atomic E-state index is 0.114. The number of carbonyl (C=O) groups excluding carboxylic acids is 1. The van der Waals surface area contributed by atoms with Crippen LogP contribution >= 0.6 is 0 Å². The fraction of sp³-hybridized carbons (Fsp3) is 0.909. The van der Waals surface area contributed by atoms with E-state index in [0.717, 1.165) is 6.42 Å². The van der Waals surface area contributed by atoms with Gasteiger partial charge in [-0.15, -0.1) is 0 Å². The number of hydrogen-bond acceptors (Lipinski definition) is 4. The Hall–Kier alpha value is -0.610. The maximum atomic E-state index is 11.8. The van der Waals surface area contributed by atoms with Crippen molar-refractivity contribution in [1.29, 1.82) is 0 Å². The van der Waals surface area contributed by atoms with E-state index in [2.05, 4.69) is 0 Å². The SMILES string of the molecule is CC[C@H](C)[C@](N)(CO)C(=O)OC(C)(C)C. The van der Waals surface area contributed by atoms with Crippen LogP contribution in [-0.4, -0.2) is 28.8 Å². The van der Waals surface area contributed by atoms with Crippen molar-refractivity contribution in [2.75, 3.05) is 6.61 Å². The van der Waals surface area contributed by atoms with E-state index in [-0.39, 0.29) is 5.92 Å². The molecule has 90 valence electrons. The molecule has 0 aliphatic heterocycles. The summed E-state index contributed by atoms with van der Waals surface area (Å²) >= 11 is 0. The highest BCUT2D eigenvalue weighted by molar-refractivity contribution is 5.81. The van der Waals surface area contributed by atoms with Crippen LogP contribution < -0.4 is 5.73 Å². The van der Waals surface area contributed by atoms with Gasteiger partial charge in [-0.2, -0.15) is 0 Å². The first-order valence-electron chi connectivity index (χ1n) is 5.30. The monoisotopic (exact) mass is 217 g/mol. The summed E-state index contributed by atoms with van der Waals surface area (Å²) in [5, 5.41) is 9.23. The van der Waals surface area contributed by atoms with E-state index in [1.165, 1.54) is 0 Å². The van der Waals surface area contributed by atoms with E-state index in [9.17, 15) is 9.90 Å². The number of aliphatic hydroxyl groups is 1. The zero-order chi connectivity index (χ0) is 12.3. The molecule has 0 saturated heterocycles. The first-order chi connectivity index (χ1) is 6.67. The molecule has 0 heterocycles. The Labute approximate surface area is 91.8 Å². The minimum atomic E-state index is -1.29. The lowest BCUT2D eigenvalue weighted by atomic mass is 9.85. The molecule has 0 aromatic carbocycles. The van der Waals surface area contributed by atoms with E-state index in [1.807, 2.05) is 13.8 Å². The van der Waals surface area contributed by atoms with Crippen LogP contribution in [0.2, 0.25) is 0 Å². The van der Waals surface area contributed by atoms with Crippen molar-refractivity contribution in [3.63, 3.8) is 0 Å². The summed E-state index contributed by atoms with van der Waals surface area (Å²) in [6.45, 7) is 8.70. The van der Waals surface area contributed by atoms with Crippen molar-refractivity contribution in [3.05, 3.63) is 0 Å². The Kier molecular flexibility index (Phi) is 4.74. The molecule has 0 aromatic rings. The van der Waals surface area contributed by atoms with Gasteiger partial charge in [0.1, 0.15) is 11.1 Å². The van der Waals surface area contributed by atoms with E-state index in [0.29, 0.717) is 0 Å². The Bertz CT molecular complexity index is 222. The van der Waals surface area contributed by atoms with Gasteiger partial charge < -0.3 is 15.6 Å². The molecule has 0 aliphatic rings. The van der Waals surface area contributed by atoms with Gasteiger partial charge in [-0.1, -0.05) is 20.3 Å². The van der Waals surface area contributed by atoms with Gasteiger partial charge in [0, 0.05) is 0 Å². The second-order valence-corrected chi connectivity index (χ2v) is 5.01. The van der Waals surface area contributed by atoms with E-state index in [4.69, 9.17) is 10.5 Å². The maximum absolute atomic E-state index is 11.8. The van der Waals surface area contributed by atoms with Crippen LogP contribution in [0.15, 0.2) is 0 Å². The molecular weight excluding hydrogens is 194 g/mol. The van der Waals surface area contributed by atoms with Crippen LogP contribution in [0.4, 0.5) is 0 Å². The van der Waals surface area contributed by atoms with Gasteiger partial charge in [0.05, 0.1) is 6.61 Å². The lowest BCUT2D eigenvalue weighted by Crippen LogP contribution is -2.58. The third-order valence-corrected chi connectivity index (χ3v) is 2.53. The van der Waals surface area contributed by atoms with E-state index < -0.39 is 23.7 Å². The second kappa shape index (κ2) is 4.94. The molecule has 3 N–H and O–H groups in total. The van der Waals surface area contributed by atoms with Gasteiger partial charge >= 0.3 is 5.97 Å². The smallest absolute Gasteiger partial charge is 0.329 e. The number of ether oxygens (including phenoxy) is 1. The highest BCUT2D eigenvalue weighted by Gasteiger charge is 2.41. The van der Waals surface area contributed by atoms with Crippen LogP contribution in [0.25, 0.3) is 0 Å². The average Bonchev–Trinajstić information content (AvgIpc) is 2.12. The minimum Gasteiger partial charge on any atom is -0.459 e. The van der Waals surface area contributed by atoms with Gasteiger partial charge in [-0.3, -0.25) is 0 Å². The maximum Gasteiger partial charge on any atom is 0.329 e. The Morgan fingerprint density at radius 1 is 1.47 bits per heavy atom. The summed E-state index contributed by atoms with van der Waals surface area (Å²) in [4.78, 5) is 11.8. The summed E-state index contributed by atoms with van der Waals surface area (Å²) in [6.07, 6.45) is 0.719. The number of esters is 1. The zero-order valence-corrected chi connectivity index (χ0v) is 10.3. The highest BCUT2D eigenvalue weighted by atomic mass is 16.6. The Balaban J connectivity index is 4.74. The molecule has 0 aromatic heterocycles. The fourth-order valence-corrected chi connectivity index (χ4v) is 1.16. The van der Waals surface area contributed by atoms with E-state index >= 15 is 0 Å². The molecular formula is C11H23NO3. The van der Waals surface area contributed by atoms with Crippen molar-refractivity contribution >= 4 is 5.97 Å². The van der Waals surface area contributed by atoms with Crippen molar-refractivity contribution < 1.29 is 14.6 Å². The summed E-state index contributed by atoms with van der Waals surface area (Å²) in [5.41, 5.74) is 4.01. The number of aliphatic hydroxyl groups excluding tert-OH is 1. The molecule has 2 atom stereocenters. The summed E-state index contributed by atoms with van der Waals surface area (Å²) in [5.74, 6) is -0.649. The zero-order valence-electron chi connectivity index (χ0n) is 10.3. The Morgan fingerprint density at radius 3 is 2.20 bits per heavy atom. The number of carbonyl (C=O) groups is 1. The molecule has 0 amide bonds. The summed E-state index contributed by atoms with van der Waals surface area (Å²) in [6, 6.07) is 0. The highest BCUT2D eigenvalue weighted by Crippen LogP contribution is 2.22. The predicted octanol–water partition coefficient (Wildman–Crippen LogP) is 1.06. The lowest BCUT2D eigenvalue weighted by Gasteiger charge is -2.33. The third kappa shape index (κ3) is 3.80. The van der Waals surface area contributed by atoms with Crippen molar-refractivity contribution in [1.82, 2.24) is 0 Å². The number of rotatable bonds is 4. The molecule has 0 aliphatic carbocycles. The van der Waals surface area contributed by atoms with Crippen LogP contribution in [-0.2, 0) is 9.53 Å². The molecule has 0 fully saturated rings. The summed E-state index contributed by atoms with van der Waals surface area (Å²) < 4.78 is 5.19. The molecule has 15 heavy (non-hydrogen) atoms. The largest absolute Gasteiger partial charge is 0.459 e. The third-order valence-electron chi connectivity index (χ3n) is 2.53. The molecule has 0 spiro atoms. The van der Waals surface area contributed by atoms with Gasteiger partial charge in [-0.25, -0.2) is 4.79 Å². The van der Waals surface area contributed by atoms with Gasteiger partial charge in [0.2, 0.25) is 0 Å². The number of hydrogen-bond donors (Lipinski definition) is 2. The normalized spacial score (nSPS) is 18.1. The van der Waals surface area contributed by atoms with Crippen molar-refractivity contribution in [2.45, 2.75) is 52.2 Å². The molecule has 4 heteroatoms. The van der Waals surface area contributed by atoms with Gasteiger partial charge in [0.15, 0.2) is 0 Å². The molecule has 4 nitrogen and oxygen atoms in total. The number of nitrogens with two attached hydrogens (primary N) is 1. The fourth-order valence-electron chi connectivity index (χ4n) is 1.16. The van der Waals surface area contributed by atoms with Crippen LogP contribution in [0.3, 0.4) is 0 Å². The van der Waals surface area contributed by atoms with E-state index in [1.54, 1.807) is 20.8 Å². The van der Waals surface area contributed by atoms with Crippen LogP contribution in [0.5, 0.6) is 0 Å². The van der Waals surface area contributed by atoms with Crippen molar-refractivity contribution in [2.24, 2.45) is 11.7 Å². The summed E-state index contributed by atoms with van der Waals surface area (Å²) in [7, 11) is 0.